The van der Waals surface area contributed by atoms with Gasteiger partial charge in [-0.05, 0) is 30.7 Å². The molecular formula is C22H24N2O7. The summed E-state index contributed by atoms with van der Waals surface area (Å²) in [5.41, 5.74) is 1.81. The van der Waals surface area contributed by atoms with Crippen molar-refractivity contribution in [2.75, 3.05) is 27.6 Å². The molecule has 31 heavy (non-hydrogen) atoms. The zero-order chi connectivity index (χ0) is 22.4. The third-order valence-corrected chi connectivity index (χ3v) is 4.66. The van der Waals surface area contributed by atoms with E-state index in [2.05, 4.69) is 0 Å². The van der Waals surface area contributed by atoms with Crippen molar-refractivity contribution < 1.29 is 28.7 Å². The second kappa shape index (κ2) is 9.94. The summed E-state index contributed by atoms with van der Waals surface area (Å²) in [4.78, 5) is 24.9. The van der Waals surface area contributed by atoms with Crippen molar-refractivity contribution in [3.05, 3.63) is 63.2 Å². The molecule has 3 rings (SSSR count). The molecule has 0 atom stereocenters. The number of methoxy groups -OCH3 is 1. The molecule has 0 saturated heterocycles. The molecule has 0 saturated carbocycles. The van der Waals surface area contributed by atoms with Crippen LogP contribution in [-0.4, -0.2) is 43.3 Å². The predicted octanol–water partition coefficient (Wildman–Crippen LogP) is 3.54. The molecule has 2 aromatic rings. The Labute approximate surface area is 179 Å². The van der Waals surface area contributed by atoms with E-state index in [4.69, 9.17) is 18.9 Å². The predicted molar refractivity (Wildman–Crippen MR) is 113 cm³/mol. The normalized spacial score (nSPS) is 12.7. The van der Waals surface area contributed by atoms with Crippen LogP contribution in [0.1, 0.15) is 23.6 Å². The number of benzene rings is 2. The van der Waals surface area contributed by atoms with Crippen molar-refractivity contribution in [3.63, 3.8) is 0 Å². The molecule has 0 aliphatic carbocycles. The molecule has 164 valence electrons. The fourth-order valence-electron chi connectivity index (χ4n) is 3.19. The van der Waals surface area contributed by atoms with E-state index in [1.165, 1.54) is 29.2 Å². The molecule has 0 spiro atoms. The first-order valence-corrected chi connectivity index (χ1v) is 9.67. The van der Waals surface area contributed by atoms with Gasteiger partial charge >= 0.3 is 0 Å². The molecular weight excluding hydrogens is 404 g/mol. The second-order valence-electron chi connectivity index (χ2n) is 6.84. The molecule has 2 aromatic carbocycles. The van der Waals surface area contributed by atoms with E-state index in [9.17, 15) is 14.9 Å². The van der Waals surface area contributed by atoms with Crippen LogP contribution in [0.15, 0.2) is 36.4 Å². The van der Waals surface area contributed by atoms with Gasteiger partial charge in [0.2, 0.25) is 5.91 Å². The molecule has 1 amide bonds. The molecule has 0 fully saturated rings. The topological polar surface area (TPSA) is 100 Å². The lowest BCUT2D eigenvalue weighted by atomic mass is 10.1. The van der Waals surface area contributed by atoms with E-state index < -0.39 is 4.92 Å². The Balaban J connectivity index is 1.75. The van der Waals surface area contributed by atoms with Crippen LogP contribution in [0.4, 0.5) is 5.69 Å². The van der Waals surface area contributed by atoms with Gasteiger partial charge in [0.15, 0.2) is 18.3 Å². The first-order chi connectivity index (χ1) is 14.9. The summed E-state index contributed by atoms with van der Waals surface area (Å²) in [6.07, 6.45) is 2.89. The number of amides is 1. The Morgan fingerprint density at radius 1 is 1.29 bits per heavy atom. The first-order valence-electron chi connectivity index (χ1n) is 9.67. The zero-order valence-electron chi connectivity index (χ0n) is 17.6. The number of nitro benzene ring substituents is 1. The Morgan fingerprint density at radius 3 is 2.81 bits per heavy atom. The van der Waals surface area contributed by atoms with Gasteiger partial charge in [0, 0.05) is 42.9 Å². The minimum Gasteiger partial charge on any atom is -0.493 e. The number of carbonyl (C=O) groups excluding carboxylic acids is 1. The molecule has 1 heterocycles. The maximum atomic E-state index is 12.6. The van der Waals surface area contributed by atoms with E-state index >= 15 is 0 Å². The van der Waals surface area contributed by atoms with Gasteiger partial charge in [-0.25, -0.2) is 0 Å². The molecule has 9 nitrogen and oxygen atoms in total. The van der Waals surface area contributed by atoms with E-state index in [-0.39, 0.29) is 25.0 Å². The van der Waals surface area contributed by atoms with Gasteiger partial charge in [-0.2, -0.15) is 0 Å². The third kappa shape index (κ3) is 5.32. The molecule has 0 N–H and O–H groups in total. The van der Waals surface area contributed by atoms with Gasteiger partial charge in [-0.15, -0.1) is 0 Å². The van der Waals surface area contributed by atoms with Crippen molar-refractivity contribution in [2.45, 2.75) is 20.1 Å². The van der Waals surface area contributed by atoms with Crippen molar-refractivity contribution >= 4 is 17.7 Å². The maximum Gasteiger partial charge on any atom is 0.270 e. The summed E-state index contributed by atoms with van der Waals surface area (Å²) in [5.74, 6) is 1.46. The number of likely N-dealkylation sites (N-methyl/N-ethyl adjacent to an activating group) is 1. The van der Waals surface area contributed by atoms with Crippen LogP contribution < -0.4 is 14.2 Å². The molecule has 0 unspecified atom stereocenters. The van der Waals surface area contributed by atoms with Crippen LogP contribution in [0.5, 0.6) is 17.2 Å². The summed E-state index contributed by atoms with van der Waals surface area (Å²) in [6, 6.07) is 8.29. The molecule has 0 radical (unpaired) electrons. The largest absolute Gasteiger partial charge is 0.493 e. The highest BCUT2D eigenvalue weighted by atomic mass is 16.7. The summed E-state index contributed by atoms with van der Waals surface area (Å²) in [7, 11) is 3.23. The van der Waals surface area contributed by atoms with Crippen LogP contribution in [0.3, 0.4) is 0 Å². The van der Waals surface area contributed by atoms with Gasteiger partial charge < -0.3 is 23.8 Å². The molecule has 0 aromatic heterocycles. The molecule has 1 aliphatic heterocycles. The van der Waals surface area contributed by atoms with E-state index in [0.29, 0.717) is 41.5 Å². The van der Waals surface area contributed by atoms with Gasteiger partial charge in [0.25, 0.3) is 5.69 Å². The summed E-state index contributed by atoms with van der Waals surface area (Å²) < 4.78 is 21.5. The Morgan fingerprint density at radius 2 is 2.10 bits per heavy atom. The number of ether oxygens (including phenoxy) is 4. The lowest BCUT2D eigenvalue weighted by Crippen LogP contribution is -2.24. The van der Waals surface area contributed by atoms with Crippen LogP contribution in [0.25, 0.3) is 6.08 Å². The number of hydrogen-bond acceptors (Lipinski definition) is 7. The Hall–Kier alpha value is -3.59. The second-order valence-corrected chi connectivity index (χ2v) is 6.84. The highest BCUT2D eigenvalue weighted by molar-refractivity contribution is 5.92. The van der Waals surface area contributed by atoms with Gasteiger partial charge in [0.05, 0.1) is 25.2 Å². The quantitative estimate of drug-likeness (QED) is 0.360. The SMILES string of the molecule is CCOc1ccc(CN(C)C(=O)/C=C/c2cc([N+](=O)[O-])cc3c2OCOC3)cc1OC. The average molecular weight is 428 g/mol. The van der Waals surface area contributed by atoms with Gasteiger partial charge in [0.1, 0.15) is 5.75 Å². The van der Waals surface area contributed by atoms with E-state index in [0.717, 1.165) is 5.56 Å². The van der Waals surface area contributed by atoms with Crippen molar-refractivity contribution in [3.8, 4) is 17.2 Å². The lowest BCUT2D eigenvalue weighted by Gasteiger charge is -2.19. The van der Waals surface area contributed by atoms with Gasteiger partial charge in [-0.1, -0.05) is 6.07 Å². The number of nitrogens with zero attached hydrogens (tertiary/aromatic N) is 2. The smallest absolute Gasteiger partial charge is 0.270 e. The monoisotopic (exact) mass is 428 g/mol. The Kier molecular flexibility index (Phi) is 7.09. The fourth-order valence-corrected chi connectivity index (χ4v) is 3.19. The zero-order valence-corrected chi connectivity index (χ0v) is 17.6. The highest BCUT2D eigenvalue weighted by Crippen LogP contribution is 2.33. The average Bonchev–Trinajstić information content (AvgIpc) is 2.77. The third-order valence-electron chi connectivity index (χ3n) is 4.66. The van der Waals surface area contributed by atoms with Crippen LogP contribution in [0, 0.1) is 10.1 Å². The van der Waals surface area contributed by atoms with Crippen LogP contribution >= 0.6 is 0 Å². The standard InChI is InChI=1S/C22H24N2O7/c1-4-30-19-7-5-15(9-20(19)28-3)12-23(2)21(25)8-6-16-10-18(24(26)27)11-17-13-29-14-31-22(16)17/h5-11H,4,12-14H2,1-3H3/b8-6+. The molecule has 1 aliphatic rings. The van der Waals surface area contributed by atoms with Crippen LogP contribution in [0.2, 0.25) is 0 Å². The highest BCUT2D eigenvalue weighted by Gasteiger charge is 2.20. The van der Waals surface area contributed by atoms with Crippen molar-refractivity contribution in [2.24, 2.45) is 0 Å². The first kappa shape index (κ1) is 22.1. The molecule has 9 heteroatoms. The number of hydrogen-bond donors (Lipinski definition) is 0. The summed E-state index contributed by atoms with van der Waals surface area (Å²) in [5, 5.41) is 11.2. The minimum atomic E-state index is -0.487. The lowest BCUT2D eigenvalue weighted by molar-refractivity contribution is -0.385. The van der Waals surface area contributed by atoms with Gasteiger partial charge in [-0.3, -0.25) is 14.9 Å². The van der Waals surface area contributed by atoms with Crippen LogP contribution in [-0.2, 0) is 22.7 Å². The molecule has 0 bridgehead atoms. The number of fused-ring (bicyclic) bond motifs is 1. The van der Waals surface area contributed by atoms with Crippen molar-refractivity contribution in [1.82, 2.24) is 4.90 Å². The number of carbonyl (C=O) groups is 1. The maximum absolute atomic E-state index is 12.6. The van der Waals surface area contributed by atoms with Crippen molar-refractivity contribution in [1.29, 1.82) is 0 Å². The van der Waals surface area contributed by atoms with E-state index in [1.807, 2.05) is 19.1 Å². The summed E-state index contributed by atoms with van der Waals surface area (Å²) >= 11 is 0. The number of rotatable bonds is 8. The Bertz CT molecular complexity index is 1000. The summed E-state index contributed by atoms with van der Waals surface area (Å²) in [6.45, 7) is 3.03. The van der Waals surface area contributed by atoms with E-state index in [1.54, 1.807) is 20.2 Å². The fraction of sp³-hybridized carbons (Fsp3) is 0.318. The number of nitro groups is 1. The number of non-ortho nitro benzene ring substituents is 1. The minimum absolute atomic E-state index is 0.0546.